The number of unbranched alkanes of at least 4 members (excludes halogenated alkanes) is 1. The fourth-order valence-corrected chi connectivity index (χ4v) is 2.78. The van der Waals surface area contributed by atoms with Gasteiger partial charge in [-0.05, 0) is 36.7 Å². The molecule has 0 aliphatic heterocycles. The van der Waals surface area contributed by atoms with Crippen molar-refractivity contribution in [2.75, 3.05) is 19.8 Å². The van der Waals surface area contributed by atoms with E-state index in [1.807, 2.05) is 13.1 Å². The average molecular weight is 381 g/mol. The van der Waals surface area contributed by atoms with Gasteiger partial charge in [-0.15, -0.1) is 0 Å². The zero-order valence-corrected chi connectivity index (χ0v) is 17.9. The Balaban J connectivity index is 2.75. The van der Waals surface area contributed by atoms with Crippen molar-refractivity contribution in [1.82, 2.24) is 0 Å². The zero-order valence-electron chi connectivity index (χ0n) is 16.9. The minimum absolute atomic E-state index is 0.103. The van der Waals surface area contributed by atoms with Gasteiger partial charge < -0.3 is 13.9 Å². The van der Waals surface area contributed by atoms with Gasteiger partial charge in [0.25, 0.3) is 8.32 Å². The Hall–Kier alpha value is -1.66. The fraction of sp³-hybridized carbons (Fsp3) is 0.600. The third-order valence-corrected chi connectivity index (χ3v) is 8.93. The SMILES string of the molecule is CCCCOCCOC(=O)c1ccccc1C(=O)O[Si](C)(C)C(C)(C)C. The highest BCUT2D eigenvalue weighted by Crippen LogP contribution is 2.37. The number of ether oxygens (including phenoxy) is 2. The number of hydrogen-bond acceptors (Lipinski definition) is 5. The van der Waals surface area contributed by atoms with Crippen molar-refractivity contribution in [2.45, 2.75) is 58.7 Å². The number of rotatable bonds is 9. The lowest BCUT2D eigenvalue weighted by Gasteiger charge is -2.35. The Kier molecular flexibility index (Phi) is 8.50. The van der Waals surface area contributed by atoms with Crippen LogP contribution in [0.3, 0.4) is 0 Å². The van der Waals surface area contributed by atoms with Gasteiger partial charge in [0.15, 0.2) is 0 Å². The summed E-state index contributed by atoms with van der Waals surface area (Å²) in [5.74, 6) is -1.00. The molecule has 5 nitrogen and oxygen atoms in total. The average Bonchev–Trinajstić information content (AvgIpc) is 2.56. The van der Waals surface area contributed by atoms with Crippen LogP contribution < -0.4 is 0 Å². The van der Waals surface area contributed by atoms with Crippen molar-refractivity contribution in [3.63, 3.8) is 0 Å². The minimum atomic E-state index is -2.27. The van der Waals surface area contributed by atoms with Crippen LogP contribution in [0.15, 0.2) is 24.3 Å². The van der Waals surface area contributed by atoms with E-state index < -0.39 is 20.3 Å². The van der Waals surface area contributed by atoms with Crippen molar-refractivity contribution in [3.8, 4) is 0 Å². The molecule has 0 spiro atoms. The van der Waals surface area contributed by atoms with Gasteiger partial charge in [-0.25, -0.2) is 9.59 Å². The topological polar surface area (TPSA) is 61.8 Å². The van der Waals surface area contributed by atoms with Crippen molar-refractivity contribution in [3.05, 3.63) is 35.4 Å². The molecule has 0 aromatic heterocycles. The summed E-state index contributed by atoms with van der Waals surface area (Å²) in [7, 11) is -2.27. The summed E-state index contributed by atoms with van der Waals surface area (Å²) in [6.45, 7) is 13.4. The number of benzene rings is 1. The third-order valence-electron chi connectivity index (χ3n) is 4.62. The molecule has 6 heteroatoms. The van der Waals surface area contributed by atoms with Gasteiger partial charge in [0, 0.05) is 6.61 Å². The van der Waals surface area contributed by atoms with Gasteiger partial charge in [-0.3, -0.25) is 0 Å². The summed E-state index contributed by atoms with van der Waals surface area (Å²) >= 11 is 0. The summed E-state index contributed by atoms with van der Waals surface area (Å²) < 4.78 is 16.4. The van der Waals surface area contributed by atoms with Crippen LogP contribution in [0.4, 0.5) is 0 Å². The molecule has 0 unspecified atom stereocenters. The molecule has 0 aliphatic carbocycles. The van der Waals surface area contributed by atoms with Crippen molar-refractivity contribution in [1.29, 1.82) is 0 Å². The van der Waals surface area contributed by atoms with E-state index in [-0.39, 0.29) is 22.8 Å². The molecule has 0 heterocycles. The second-order valence-electron chi connectivity index (χ2n) is 7.80. The quantitative estimate of drug-likeness (QED) is 0.349. The zero-order chi connectivity index (χ0) is 19.8. The molecule has 0 atom stereocenters. The Morgan fingerprint density at radius 2 is 1.54 bits per heavy atom. The molecule has 0 saturated heterocycles. The highest BCUT2D eigenvalue weighted by Gasteiger charge is 2.41. The second-order valence-corrected chi connectivity index (χ2v) is 12.5. The minimum Gasteiger partial charge on any atom is -0.516 e. The van der Waals surface area contributed by atoms with E-state index in [0.29, 0.717) is 13.2 Å². The molecule has 0 radical (unpaired) electrons. The lowest BCUT2D eigenvalue weighted by atomic mass is 10.1. The molecule has 1 aromatic rings. The summed E-state index contributed by atoms with van der Waals surface area (Å²) in [6, 6.07) is 6.61. The lowest BCUT2D eigenvalue weighted by molar-refractivity contribution is 0.0310. The fourth-order valence-electron chi connectivity index (χ4n) is 1.90. The maximum absolute atomic E-state index is 12.7. The second kappa shape index (κ2) is 9.88. The van der Waals surface area contributed by atoms with Crippen LogP contribution in [0, 0.1) is 0 Å². The van der Waals surface area contributed by atoms with Gasteiger partial charge in [0.05, 0.1) is 17.7 Å². The van der Waals surface area contributed by atoms with Crippen LogP contribution in [-0.4, -0.2) is 40.1 Å². The molecule has 0 aliphatic rings. The van der Waals surface area contributed by atoms with E-state index in [2.05, 4.69) is 27.7 Å². The summed E-state index contributed by atoms with van der Waals surface area (Å²) in [5.41, 5.74) is 0.471. The third kappa shape index (κ3) is 6.57. The number of esters is 1. The van der Waals surface area contributed by atoms with Crippen molar-refractivity contribution >= 4 is 20.3 Å². The standard InChI is InChI=1S/C20H32O5Si/c1-7-8-13-23-14-15-24-18(21)16-11-9-10-12-17(16)19(22)25-26(5,6)20(2,3)4/h9-12H,7-8,13-15H2,1-6H3. The van der Waals surface area contributed by atoms with Gasteiger partial charge in [0.1, 0.15) is 6.61 Å². The molecule has 0 amide bonds. The Morgan fingerprint density at radius 1 is 0.962 bits per heavy atom. The van der Waals surface area contributed by atoms with Gasteiger partial charge in [0.2, 0.25) is 0 Å². The monoisotopic (exact) mass is 380 g/mol. The van der Waals surface area contributed by atoms with Crippen LogP contribution in [0.2, 0.25) is 18.1 Å². The summed E-state index contributed by atoms with van der Waals surface area (Å²) in [5, 5.41) is -0.103. The van der Waals surface area contributed by atoms with Crippen LogP contribution in [0.1, 0.15) is 61.3 Å². The molecular formula is C20H32O5Si. The van der Waals surface area contributed by atoms with E-state index in [1.54, 1.807) is 24.3 Å². The van der Waals surface area contributed by atoms with Crippen molar-refractivity contribution in [2.24, 2.45) is 0 Å². The molecule has 146 valence electrons. The highest BCUT2D eigenvalue weighted by molar-refractivity contribution is 6.75. The van der Waals surface area contributed by atoms with Gasteiger partial charge in [-0.2, -0.15) is 0 Å². The first-order valence-electron chi connectivity index (χ1n) is 9.17. The van der Waals surface area contributed by atoms with Crippen LogP contribution in [0.25, 0.3) is 0 Å². The lowest BCUT2D eigenvalue weighted by Crippen LogP contribution is -2.42. The Morgan fingerprint density at radius 3 is 2.08 bits per heavy atom. The van der Waals surface area contributed by atoms with Crippen LogP contribution >= 0.6 is 0 Å². The smallest absolute Gasteiger partial charge is 0.339 e. The van der Waals surface area contributed by atoms with E-state index in [9.17, 15) is 9.59 Å². The Labute approximate surface area is 158 Å². The van der Waals surface area contributed by atoms with E-state index in [0.717, 1.165) is 12.8 Å². The van der Waals surface area contributed by atoms with Gasteiger partial charge in [-0.1, -0.05) is 46.2 Å². The molecule has 0 saturated carbocycles. The first kappa shape index (κ1) is 22.4. The maximum atomic E-state index is 12.7. The highest BCUT2D eigenvalue weighted by atomic mass is 28.4. The summed E-state index contributed by atoms with van der Waals surface area (Å²) in [6.07, 6.45) is 2.04. The molecule has 0 N–H and O–H groups in total. The van der Waals surface area contributed by atoms with Gasteiger partial charge >= 0.3 is 11.9 Å². The Bertz CT molecular complexity index is 604. The molecule has 1 aromatic carbocycles. The number of carbonyl (C=O) groups is 2. The van der Waals surface area contributed by atoms with E-state index in [4.69, 9.17) is 13.9 Å². The maximum Gasteiger partial charge on any atom is 0.339 e. The summed E-state index contributed by atoms with van der Waals surface area (Å²) in [4.78, 5) is 25.0. The molecule has 1 rings (SSSR count). The van der Waals surface area contributed by atoms with Crippen LogP contribution in [0.5, 0.6) is 0 Å². The predicted octanol–water partition coefficient (Wildman–Crippen LogP) is 4.82. The number of carbonyl (C=O) groups excluding carboxylic acids is 2. The normalized spacial score (nSPS) is 11.9. The largest absolute Gasteiger partial charge is 0.516 e. The predicted molar refractivity (Wildman–Crippen MR) is 105 cm³/mol. The van der Waals surface area contributed by atoms with Crippen LogP contribution in [-0.2, 0) is 13.9 Å². The number of hydrogen-bond donors (Lipinski definition) is 0. The molecule has 26 heavy (non-hydrogen) atoms. The first-order valence-corrected chi connectivity index (χ1v) is 12.1. The molecular weight excluding hydrogens is 348 g/mol. The van der Waals surface area contributed by atoms with Crippen molar-refractivity contribution < 1.29 is 23.5 Å². The molecule has 0 fully saturated rings. The van der Waals surface area contributed by atoms with E-state index in [1.165, 1.54) is 0 Å². The van der Waals surface area contributed by atoms with E-state index >= 15 is 0 Å². The molecule has 0 bridgehead atoms. The first-order chi connectivity index (χ1) is 12.1.